The number of ether oxygens (including phenoxy) is 1. The number of benzene rings is 1. The van der Waals surface area contributed by atoms with Gasteiger partial charge in [-0.1, -0.05) is 17.7 Å². The molecule has 1 N–H and O–H groups in total. The Kier molecular flexibility index (Phi) is 5.58. The summed E-state index contributed by atoms with van der Waals surface area (Å²) in [6, 6.07) is 10.5. The molecule has 7 nitrogen and oxygen atoms in total. The van der Waals surface area contributed by atoms with Crippen molar-refractivity contribution in [2.45, 2.75) is 0 Å². The normalized spacial score (nSPS) is 14.1. The molecule has 0 bridgehead atoms. The zero-order valence-corrected chi connectivity index (χ0v) is 15.1. The summed E-state index contributed by atoms with van der Waals surface area (Å²) in [5.74, 6) is 0.0211. The van der Waals surface area contributed by atoms with E-state index in [0.29, 0.717) is 42.6 Å². The van der Waals surface area contributed by atoms with Crippen molar-refractivity contribution >= 4 is 34.9 Å². The van der Waals surface area contributed by atoms with Crippen molar-refractivity contribution in [3.05, 3.63) is 47.6 Å². The van der Waals surface area contributed by atoms with Crippen molar-refractivity contribution in [1.29, 1.82) is 0 Å². The summed E-state index contributed by atoms with van der Waals surface area (Å²) in [6.07, 6.45) is 1.73. The molecule has 0 spiro atoms. The maximum Gasteiger partial charge on any atom is 0.314 e. The van der Waals surface area contributed by atoms with Gasteiger partial charge in [-0.2, -0.15) is 0 Å². The van der Waals surface area contributed by atoms with E-state index in [0.717, 1.165) is 5.82 Å². The lowest BCUT2D eigenvalue weighted by Gasteiger charge is -2.35. The van der Waals surface area contributed by atoms with Gasteiger partial charge in [-0.25, -0.2) is 4.98 Å². The van der Waals surface area contributed by atoms with E-state index in [1.807, 2.05) is 18.2 Å². The average molecular weight is 375 g/mol. The zero-order chi connectivity index (χ0) is 18.5. The van der Waals surface area contributed by atoms with E-state index in [-0.39, 0.29) is 0 Å². The predicted molar refractivity (Wildman–Crippen MR) is 99.7 cm³/mol. The number of hydrogen-bond donors (Lipinski definition) is 1. The molecule has 2 heterocycles. The van der Waals surface area contributed by atoms with Gasteiger partial charge in [0.25, 0.3) is 0 Å². The third-order valence-corrected chi connectivity index (χ3v) is 4.38. The van der Waals surface area contributed by atoms with Crippen LogP contribution < -0.4 is 15.0 Å². The lowest BCUT2D eigenvalue weighted by atomic mass is 10.2. The largest absolute Gasteiger partial charge is 0.495 e. The van der Waals surface area contributed by atoms with Crippen molar-refractivity contribution < 1.29 is 14.3 Å². The Morgan fingerprint density at radius 2 is 1.92 bits per heavy atom. The first-order chi connectivity index (χ1) is 12.6. The molecule has 3 rings (SSSR count). The Balaban J connectivity index is 1.60. The van der Waals surface area contributed by atoms with Gasteiger partial charge in [0, 0.05) is 37.4 Å². The van der Waals surface area contributed by atoms with E-state index in [9.17, 15) is 9.59 Å². The van der Waals surface area contributed by atoms with E-state index >= 15 is 0 Å². The van der Waals surface area contributed by atoms with Crippen LogP contribution in [0.1, 0.15) is 0 Å². The fourth-order valence-corrected chi connectivity index (χ4v) is 2.95. The number of aromatic nitrogens is 1. The van der Waals surface area contributed by atoms with Gasteiger partial charge in [0.2, 0.25) is 0 Å². The number of methoxy groups -OCH3 is 1. The van der Waals surface area contributed by atoms with Crippen LogP contribution in [0.5, 0.6) is 5.75 Å². The highest BCUT2D eigenvalue weighted by molar-refractivity contribution is 6.40. The van der Waals surface area contributed by atoms with Gasteiger partial charge in [0.1, 0.15) is 11.6 Å². The number of pyridine rings is 1. The molecule has 8 heteroatoms. The second-order valence-electron chi connectivity index (χ2n) is 5.77. The van der Waals surface area contributed by atoms with Crippen LogP contribution in [0.3, 0.4) is 0 Å². The lowest BCUT2D eigenvalue weighted by Crippen LogP contribution is -2.51. The molecule has 1 aliphatic heterocycles. The molecule has 0 radical (unpaired) electrons. The second kappa shape index (κ2) is 8.05. The van der Waals surface area contributed by atoms with Crippen LogP contribution in [-0.2, 0) is 9.59 Å². The average Bonchev–Trinajstić information content (AvgIpc) is 2.68. The first-order valence-corrected chi connectivity index (χ1v) is 8.56. The molecule has 2 amide bonds. The van der Waals surface area contributed by atoms with Gasteiger partial charge < -0.3 is 19.9 Å². The Labute approximate surface area is 156 Å². The van der Waals surface area contributed by atoms with Crippen molar-refractivity contribution in [3.63, 3.8) is 0 Å². The molecule has 1 aromatic heterocycles. The Morgan fingerprint density at radius 3 is 2.58 bits per heavy atom. The van der Waals surface area contributed by atoms with E-state index in [1.54, 1.807) is 24.4 Å². The van der Waals surface area contributed by atoms with Gasteiger partial charge in [0.15, 0.2) is 0 Å². The van der Waals surface area contributed by atoms with Gasteiger partial charge in [0.05, 0.1) is 12.8 Å². The van der Waals surface area contributed by atoms with Gasteiger partial charge >= 0.3 is 11.8 Å². The van der Waals surface area contributed by atoms with Crippen LogP contribution in [0.4, 0.5) is 11.5 Å². The minimum atomic E-state index is -0.711. The zero-order valence-electron chi connectivity index (χ0n) is 14.3. The fraction of sp³-hybridized carbons (Fsp3) is 0.278. The predicted octanol–water partition coefficient (Wildman–Crippen LogP) is 2.03. The Bertz CT molecular complexity index is 792. The monoisotopic (exact) mass is 374 g/mol. The molecule has 0 aliphatic carbocycles. The van der Waals surface area contributed by atoms with Gasteiger partial charge in [-0.05, 0) is 30.3 Å². The Morgan fingerprint density at radius 1 is 1.15 bits per heavy atom. The molecule has 1 aromatic carbocycles. The molecule has 2 aromatic rings. The molecule has 26 heavy (non-hydrogen) atoms. The summed E-state index contributed by atoms with van der Waals surface area (Å²) in [6.45, 7) is 2.15. The van der Waals surface area contributed by atoms with Crippen molar-refractivity contribution in [1.82, 2.24) is 9.88 Å². The number of anilines is 2. The standard InChI is InChI=1S/C18H19ClN4O3/c1-26-15-6-5-13(19)12-14(15)21-17(24)18(25)23-10-8-22(9-11-23)16-4-2-3-7-20-16/h2-7,12H,8-11H2,1H3,(H,21,24). The fourth-order valence-electron chi connectivity index (χ4n) is 2.78. The van der Waals surface area contributed by atoms with E-state index in [2.05, 4.69) is 15.2 Å². The smallest absolute Gasteiger partial charge is 0.314 e. The Hall–Kier alpha value is -2.80. The summed E-state index contributed by atoms with van der Waals surface area (Å²) in [5.41, 5.74) is 0.366. The van der Waals surface area contributed by atoms with E-state index in [4.69, 9.17) is 16.3 Å². The first-order valence-electron chi connectivity index (χ1n) is 8.18. The SMILES string of the molecule is COc1ccc(Cl)cc1NC(=O)C(=O)N1CCN(c2ccccn2)CC1. The number of hydrogen-bond acceptors (Lipinski definition) is 5. The molecular formula is C18H19ClN4O3. The summed E-state index contributed by atoms with van der Waals surface area (Å²) < 4.78 is 5.18. The first kappa shape index (κ1) is 18.0. The third kappa shape index (κ3) is 4.05. The number of piperazine rings is 1. The molecule has 0 saturated carbocycles. The lowest BCUT2D eigenvalue weighted by molar-refractivity contribution is -0.143. The highest BCUT2D eigenvalue weighted by Gasteiger charge is 2.27. The summed E-state index contributed by atoms with van der Waals surface area (Å²) in [4.78, 5) is 32.7. The number of carbonyl (C=O) groups is 2. The number of carbonyl (C=O) groups excluding carboxylic acids is 2. The quantitative estimate of drug-likeness (QED) is 0.832. The maximum absolute atomic E-state index is 12.4. The van der Waals surface area contributed by atoms with Crippen LogP contribution in [-0.4, -0.2) is 55.0 Å². The van der Waals surface area contributed by atoms with Crippen LogP contribution in [0.2, 0.25) is 5.02 Å². The molecule has 1 aliphatic rings. The van der Waals surface area contributed by atoms with Crippen LogP contribution >= 0.6 is 11.6 Å². The summed E-state index contributed by atoms with van der Waals surface area (Å²) >= 11 is 5.95. The minimum Gasteiger partial charge on any atom is -0.495 e. The number of nitrogens with one attached hydrogen (secondary N) is 1. The topological polar surface area (TPSA) is 74.8 Å². The molecule has 1 saturated heterocycles. The molecular weight excluding hydrogens is 356 g/mol. The van der Waals surface area contributed by atoms with Crippen LogP contribution in [0, 0.1) is 0 Å². The van der Waals surface area contributed by atoms with Crippen LogP contribution in [0.15, 0.2) is 42.6 Å². The third-order valence-electron chi connectivity index (χ3n) is 4.14. The maximum atomic E-state index is 12.4. The van der Waals surface area contributed by atoms with E-state index in [1.165, 1.54) is 12.0 Å². The summed E-state index contributed by atoms with van der Waals surface area (Å²) in [7, 11) is 1.48. The van der Waals surface area contributed by atoms with Crippen LogP contribution in [0.25, 0.3) is 0 Å². The van der Waals surface area contributed by atoms with Gasteiger partial charge in [-0.15, -0.1) is 0 Å². The molecule has 0 unspecified atom stereocenters. The highest BCUT2D eigenvalue weighted by atomic mass is 35.5. The van der Waals surface area contributed by atoms with Crippen molar-refractivity contribution in [2.75, 3.05) is 43.5 Å². The number of rotatable bonds is 3. The van der Waals surface area contributed by atoms with E-state index < -0.39 is 11.8 Å². The van der Waals surface area contributed by atoms with Crippen molar-refractivity contribution in [3.8, 4) is 5.75 Å². The molecule has 136 valence electrons. The number of nitrogens with zero attached hydrogens (tertiary/aromatic N) is 3. The van der Waals surface area contributed by atoms with Crippen molar-refractivity contribution in [2.24, 2.45) is 0 Å². The van der Waals surface area contributed by atoms with Gasteiger partial charge in [-0.3, -0.25) is 9.59 Å². The molecule has 1 fully saturated rings. The second-order valence-corrected chi connectivity index (χ2v) is 6.20. The number of halogens is 1. The molecule has 0 atom stereocenters. The summed E-state index contributed by atoms with van der Waals surface area (Å²) in [5, 5.41) is 3.02. The highest BCUT2D eigenvalue weighted by Crippen LogP contribution is 2.27. The minimum absolute atomic E-state index is 0.366. The number of amides is 2.